The van der Waals surface area contributed by atoms with Gasteiger partial charge in [-0.05, 0) is 150 Å². The molecule has 0 spiro atoms. The number of hydrogen-bond acceptors (Lipinski definition) is 17. The molecule has 13 aromatic heterocycles. The number of carbonyl (C=O) groups is 2. The van der Waals surface area contributed by atoms with Crippen LogP contribution in [-0.4, -0.2) is 132 Å². The molecule has 20 rings (SSSR count). The van der Waals surface area contributed by atoms with Gasteiger partial charge < -0.3 is 29.9 Å². The Morgan fingerprint density at radius 3 is 1.35 bits per heavy atom. The lowest BCUT2D eigenvalue weighted by Crippen LogP contribution is -2.35. The van der Waals surface area contributed by atoms with E-state index in [-0.39, 0.29) is 56.0 Å². The van der Waals surface area contributed by atoms with Crippen LogP contribution in [0.25, 0.3) is 133 Å². The molecule has 2 amide bonds. The van der Waals surface area contributed by atoms with Crippen LogP contribution < -0.4 is 43.2 Å². The Hall–Kier alpha value is -16.6. The van der Waals surface area contributed by atoms with Gasteiger partial charge in [-0.2, -0.15) is 30.6 Å². The minimum atomic E-state index is -0.544. The van der Waals surface area contributed by atoms with Gasteiger partial charge in [0.15, 0.2) is 0 Å². The van der Waals surface area contributed by atoms with E-state index in [1.165, 1.54) is 104 Å². The van der Waals surface area contributed by atoms with Gasteiger partial charge in [-0.15, -0.1) is 0 Å². The number of rotatable bonds is 12. The van der Waals surface area contributed by atoms with Crippen LogP contribution in [0.4, 0.5) is 35.9 Å². The predicted molar refractivity (Wildman–Crippen MR) is 489 cm³/mol. The fraction of sp³-hybridized carbons (Fsp3) is 0.0968. The summed E-state index contributed by atoms with van der Waals surface area (Å²) in [4.78, 5) is 98.7. The Morgan fingerprint density at radius 2 is 0.894 bits per heavy atom. The van der Waals surface area contributed by atoms with Crippen LogP contribution in [0, 0.1) is 41.8 Å². The number of H-pyrrole nitrogens is 6. The van der Waals surface area contributed by atoms with Crippen molar-refractivity contribution >= 4 is 105 Å². The molecule has 20 aromatic rings. The molecule has 7 aromatic carbocycles. The predicted octanol–water partition coefficient (Wildman–Crippen LogP) is 15.8. The third-order valence-corrected chi connectivity index (χ3v) is 21.0. The third-order valence-electron chi connectivity index (χ3n) is 20.0. The SMILES string of the molecule is CCNC(=O)n1ccc2[nH]nc(-c3cccc(F)c3)c2c1=O.COCCn1ccc2[nH]nc(-c3cccc(F)c3)c2c1=O.Cc1nc(Cl)ncc1Br.Cn1nc(-c2cccc(F)c2)c2c(=O)[nH]ccc21.Cn1nc(-c2cccc(F)c2)c2c[n+](O)ccc21.O=C(NCc1ccccc1)n1ccc2[nH]nc(-c3cccc(F)c3)c2c1=O.O=c1[nH]ccc2[nH]nc(-c3cccc(F)c3)c12. The summed E-state index contributed by atoms with van der Waals surface area (Å²) in [6, 6.07) is 54.5. The molecule has 0 fully saturated rings. The molecular weight excluding hydrogens is 1800 g/mol. The summed E-state index contributed by atoms with van der Waals surface area (Å²) in [5.74, 6) is -2.22. The summed E-state index contributed by atoms with van der Waals surface area (Å²) in [5.41, 5.74) is 9.99. The lowest BCUT2D eigenvalue weighted by Gasteiger charge is -2.07. The van der Waals surface area contributed by atoms with Gasteiger partial charge in [0.2, 0.25) is 17.7 Å². The number of aryl methyl sites for hydroxylation is 3. The first-order valence-corrected chi connectivity index (χ1v) is 41.1. The second-order valence-corrected chi connectivity index (χ2v) is 30.0. The summed E-state index contributed by atoms with van der Waals surface area (Å²) in [5, 5.41) is 53.8. The summed E-state index contributed by atoms with van der Waals surface area (Å²) in [6.45, 7) is 5.23. The first-order valence-electron chi connectivity index (χ1n) is 40.0. The normalized spacial score (nSPS) is 10.9. The van der Waals surface area contributed by atoms with E-state index in [9.17, 15) is 65.1 Å². The van der Waals surface area contributed by atoms with Crippen molar-refractivity contribution in [2.24, 2.45) is 14.1 Å². The second-order valence-electron chi connectivity index (χ2n) is 28.8. The molecule has 666 valence electrons. The highest BCUT2D eigenvalue weighted by Crippen LogP contribution is 2.32. The Bertz CT molecular complexity index is 7970. The number of benzene rings is 7. The summed E-state index contributed by atoms with van der Waals surface area (Å²) in [6.07, 6.45) is 12.3. The number of aromatic nitrogens is 20. The number of ether oxygens (including phenoxy) is 1. The van der Waals surface area contributed by atoms with E-state index in [4.69, 9.17) is 16.3 Å². The fourth-order valence-electron chi connectivity index (χ4n) is 13.8. The zero-order valence-electron chi connectivity index (χ0n) is 70.2. The molecule has 0 aliphatic carbocycles. The maximum absolute atomic E-state index is 13.5. The molecule has 9 N–H and O–H groups in total. The summed E-state index contributed by atoms with van der Waals surface area (Å²) in [7, 11) is 5.15. The monoisotopic (exact) mass is 1870 g/mol. The molecule has 0 atom stereocenters. The Balaban J connectivity index is 0.000000126. The number of nitrogens with zero attached hydrogens (tertiary/aromatic N) is 14. The topological polar surface area (TPSA) is 399 Å². The van der Waals surface area contributed by atoms with Crippen LogP contribution >= 0.6 is 27.5 Å². The molecule has 0 saturated heterocycles. The Kier molecular flexibility index (Phi) is 28.8. The van der Waals surface area contributed by atoms with Gasteiger partial charge in [-0.3, -0.25) is 58.9 Å². The van der Waals surface area contributed by atoms with Crippen molar-refractivity contribution in [2.45, 2.75) is 26.9 Å². The van der Waals surface area contributed by atoms with Gasteiger partial charge in [0.25, 0.3) is 27.8 Å². The van der Waals surface area contributed by atoms with E-state index in [2.05, 4.69) is 97.5 Å². The number of nitrogens with one attached hydrogen (secondary N) is 8. The first-order chi connectivity index (χ1) is 63.7. The number of halogens is 8. The molecule has 132 heavy (non-hydrogen) atoms. The van der Waals surface area contributed by atoms with Crippen molar-refractivity contribution in [1.82, 2.24) is 105 Å². The molecule has 31 nitrogen and oxygen atoms in total. The zero-order valence-corrected chi connectivity index (χ0v) is 72.5. The third kappa shape index (κ3) is 21.1. The highest BCUT2D eigenvalue weighted by molar-refractivity contribution is 9.10. The highest BCUT2D eigenvalue weighted by atomic mass is 79.9. The van der Waals surface area contributed by atoms with E-state index >= 15 is 0 Å². The summed E-state index contributed by atoms with van der Waals surface area (Å²) >= 11 is 8.72. The van der Waals surface area contributed by atoms with Gasteiger partial charge in [0, 0.05) is 122 Å². The van der Waals surface area contributed by atoms with Crippen molar-refractivity contribution in [1.29, 1.82) is 0 Å². The van der Waals surface area contributed by atoms with Crippen molar-refractivity contribution in [3.05, 3.63) is 370 Å². The van der Waals surface area contributed by atoms with Crippen LogP contribution in [0.3, 0.4) is 0 Å². The number of carbonyl (C=O) groups excluding carboxylic acids is 2. The molecule has 0 radical (unpaired) electrons. The minimum absolute atomic E-state index is 0.169. The maximum Gasteiger partial charge on any atom is 0.328 e. The molecular formula is C93H75BrClF6N22O9+. The molecule has 0 bridgehead atoms. The van der Waals surface area contributed by atoms with Crippen LogP contribution in [-0.2, 0) is 31.9 Å². The average Bonchev–Trinajstić information content (AvgIpc) is 1.57. The van der Waals surface area contributed by atoms with Crippen molar-refractivity contribution in [2.75, 3.05) is 20.3 Å². The number of aromatic amines is 6. The van der Waals surface area contributed by atoms with Gasteiger partial charge >= 0.3 is 12.1 Å². The quantitative estimate of drug-likeness (QED) is 0.0237. The zero-order chi connectivity index (χ0) is 93.4. The van der Waals surface area contributed by atoms with Gasteiger partial charge in [0.1, 0.15) is 69.1 Å². The highest BCUT2D eigenvalue weighted by Gasteiger charge is 2.23. The van der Waals surface area contributed by atoms with Gasteiger partial charge in [-0.1, -0.05) is 103 Å². The summed E-state index contributed by atoms with van der Waals surface area (Å²) < 4.78 is 93.6. The average molecular weight is 1870 g/mol. The molecule has 0 aliphatic rings. The largest absolute Gasteiger partial charge is 0.383 e. The van der Waals surface area contributed by atoms with Crippen LogP contribution in [0.5, 0.6) is 0 Å². The van der Waals surface area contributed by atoms with Gasteiger partial charge in [-0.25, -0.2) is 55.0 Å². The molecule has 39 heteroatoms. The van der Waals surface area contributed by atoms with Crippen LogP contribution in [0.15, 0.2) is 290 Å². The molecule has 0 unspecified atom stereocenters. The van der Waals surface area contributed by atoms with Crippen LogP contribution in [0.2, 0.25) is 5.28 Å². The number of pyridine rings is 6. The fourth-order valence-corrected chi connectivity index (χ4v) is 14.2. The van der Waals surface area contributed by atoms with Crippen molar-refractivity contribution < 1.29 is 50.6 Å². The van der Waals surface area contributed by atoms with Crippen molar-refractivity contribution in [3.63, 3.8) is 0 Å². The molecule has 13 heterocycles. The minimum Gasteiger partial charge on any atom is -0.383 e. The lowest BCUT2D eigenvalue weighted by molar-refractivity contribution is -0.903. The van der Waals surface area contributed by atoms with E-state index < -0.39 is 34.8 Å². The van der Waals surface area contributed by atoms with Crippen LogP contribution in [0.1, 0.15) is 18.2 Å². The number of methoxy groups -OCH3 is 1. The maximum atomic E-state index is 13.5. The van der Waals surface area contributed by atoms with E-state index in [1.54, 1.807) is 163 Å². The number of fused-ring (bicyclic) bond motifs is 6. The Morgan fingerprint density at radius 1 is 0.485 bits per heavy atom. The lowest BCUT2D eigenvalue weighted by atomic mass is 10.1. The standard InChI is InChI=1S/C20H15FN4O2.C15H13FN4O2.C15H14FN3O2.C13H11FN3O.C13H10FN3O.C12H8FN3O.C5H4BrClN2/c21-15-8-4-7-14(11-15)18-17-16(23-24-18)9-10-25(19(17)26)20(27)22-12-13-5-2-1-3-6-13;1-2-17-15(22)20-7-6-11-12(14(20)21)13(19-18-11)9-4-3-5-10(16)8-9;1-21-8-7-19-6-5-12-13(15(19)20)14(18-17-12)10-3-2-4-11(16)9-10;1-16-12-5-6-17(18)8-11(12)13(15-16)9-3-2-4-10(14)7-9;1-17-10-5-6-15-13(18)11(10)12(16-17)8-3-2-4-9(14)7-8;13-8-3-1-2-7(6-8)11-10-9(15-16-11)4-5-14-12(10)17;1-3-4(6)2-8-5(7)9-3/h1-11H,12H2,(H,22,27)(H,23,24);3-8H,2H2,1H3,(H,17,22)(H,18,19);2-6,9H,7-8H2,1H3,(H,17,18);2-8,18H,1H3;2-7H,1H3,(H,15,18);1-6H,(H,14,17)(H,15,16);2H,1H3/q;;;+1;;;. The van der Waals surface area contributed by atoms with E-state index in [0.717, 1.165) is 46.0 Å². The smallest absolute Gasteiger partial charge is 0.328 e. The second kappa shape index (κ2) is 41.4. The first kappa shape index (κ1) is 91.6. The number of hydrogen-bond donors (Lipinski definition) is 9. The number of amides is 2. The van der Waals surface area contributed by atoms with Gasteiger partial charge in [0.05, 0.1) is 82.2 Å². The molecule has 0 saturated carbocycles. The van der Waals surface area contributed by atoms with E-state index in [0.29, 0.717) is 132 Å². The van der Waals surface area contributed by atoms with Crippen molar-refractivity contribution in [3.8, 4) is 67.5 Å². The Labute approximate surface area is 754 Å². The van der Waals surface area contributed by atoms with E-state index in [1.807, 2.05) is 44.3 Å². The molecule has 0 aliphatic heterocycles.